The van der Waals surface area contributed by atoms with Crippen LogP contribution in [0.1, 0.15) is 20.7 Å². The standard InChI is InChI=1S/C29H20ClNO4/c1-34-23-13-10-19-14-21(7-6-20(19)15-23)28(32)17-35-29(33)25-16-27(18-8-11-22(30)12-9-18)31-26-5-3-2-4-24(25)26/h2-16H,17H2,1H3. The Bertz CT molecular complexity index is 1580. The Labute approximate surface area is 206 Å². The summed E-state index contributed by atoms with van der Waals surface area (Å²) in [7, 11) is 1.61. The van der Waals surface area contributed by atoms with Gasteiger partial charge in [-0.3, -0.25) is 4.79 Å². The summed E-state index contributed by atoms with van der Waals surface area (Å²) in [5.74, 6) is -0.127. The normalized spacial score (nSPS) is 10.9. The summed E-state index contributed by atoms with van der Waals surface area (Å²) in [4.78, 5) is 30.6. The van der Waals surface area contributed by atoms with E-state index in [1.54, 1.807) is 37.4 Å². The molecule has 0 unspecified atom stereocenters. The fraction of sp³-hybridized carbons (Fsp3) is 0.0690. The highest BCUT2D eigenvalue weighted by Crippen LogP contribution is 2.27. The third-order valence-corrected chi connectivity index (χ3v) is 6.03. The first-order chi connectivity index (χ1) is 17.0. The summed E-state index contributed by atoms with van der Waals surface area (Å²) in [6, 6.07) is 27.2. The van der Waals surface area contributed by atoms with Crippen LogP contribution in [-0.2, 0) is 4.74 Å². The number of fused-ring (bicyclic) bond motifs is 2. The molecule has 0 saturated carbocycles. The van der Waals surface area contributed by atoms with E-state index >= 15 is 0 Å². The molecule has 1 heterocycles. The van der Waals surface area contributed by atoms with E-state index in [4.69, 9.17) is 21.1 Å². The average molecular weight is 482 g/mol. The molecule has 5 nitrogen and oxygen atoms in total. The van der Waals surface area contributed by atoms with Crippen molar-refractivity contribution in [2.24, 2.45) is 0 Å². The first-order valence-corrected chi connectivity index (χ1v) is 11.3. The molecule has 0 aliphatic rings. The molecular formula is C29H20ClNO4. The Morgan fingerprint density at radius 1 is 0.857 bits per heavy atom. The summed E-state index contributed by atoms with van der Waals surface area (Å²) >= 11 is 6.01. The number of methoxy groups -OCH3 is 1. The molecule has 0 atom stereocenters. The molecule has 0 saturated heterocycles. The topological polar surface area (TPSA) is 65.5 Å². The maximum atomic E-state index is 13.1. The maximum Gasteiger partial charge on any atom is 0.339 e. The lowest BCUT2D eigenvalue weighted by atomic mass is 10.0. The molecule has 0 radical (unpaired) electrons. The van der Waals surface area contributed by atoms with Crippen molar-refractivity contribution in [1.29, 1.82) is 0 Å². The predicted octanol–water partition coefficient (Wildman–Crippen LogP) is 6.76. The van der Waals surface area contributed by atoms with Crippen LogP contribution < -0.4 is 4.74 Å². The number of para-hydroxylation sites is 1. The van der Waals surface area contributed by atoms with Crippen molar-refractivity contribution in [2.45, 2.75) is 0 Å². The van der Waals surface area contributed by atoms with E-state index in [-0.39, 0.29) is 12.4 Å². The minimum absolute atomic E-state index is 0.285. The largest absolute Gasteiger partial charge is 0.497 e. The van der Waals surface area contributed by atoms with Gasteiger partial charge >= 0.3 is 5.97 Å². The number of carbonyl (C=O) groups is 2. The number of aromatic nitrogens is 1. The number of hydrogen-bond acceptors (Lipinski definition) is 5. The van der Waals surface area contributed by atoms with Gasteiger partial charge in [-0.2, -0.15) is 0 Å². The summed E-state index contributed by atoms with van der Waals surface area (Å²) in [6.07, 6.45) is 0. The van der Waals surface area contributed by atoms with Gasteiger partial charge in [0.1, 0.15) is 5.75 Å². The number of esters is 1. The van der Waals surface area contributed by atoms with Crippen LogP contribution in [0.15, 0.2) is 91.0 Å². The molecule has 0 aliphatic carbocycles. The van der Waals surface area contributed by atoms with Crippen LogP contribution in [0.5, 0.6) is 5.75 Å². The van der Waals surface area contributed by atoms with Crippen molar-refractivity contribution in [2.75, 3.05) is 13.7 Å². The van der Waals surface area contributed by atoms with Crippen molar-refractivity contribution >= 4 is 45.0 Å². The Morgan fingerprint density at radius 2 is 1.60 bits per heavy atom. The molecule has 4 aromatic carbocycles. The van der Waals surface area contributed by atoms with Gasteiger partial charge in [-0.05, 0) is 53.2 Å². The molecule has 5 aromatic rings. The number of pyridine rings is 1. The minimum Gasteiger partial charge on any atom is -0.497 e. The monoisotopic (exact) mass is 481 g/mol. The molecule has 0 bridgehead atoms. The molecular weight excluding hydrogens is 462 g/mol. The van der Waals surface area contributed by atoms with Gasteiger partial charge in [0.15, 0.2) is 12.4 Å². The summed E-state index contributed by atoms with van der Waals surface area (Å²) in [5, 5.41) is 3.12. The highest BCUT2D eigenvalue weighted by atomic mass is 35.5. The number of rotatable bonds is 6. The first-order valence-electron chi connectivity index (χ1n) is 11.0. The third kappa shape index (κ3) is 4.72. The number of benzene rings is 4. The lowest BCUT2D eigenvalue weighted by Crippen LogP contribution is -2.15. The first kappa shape index (κ1) is 22.6. The van der Waals surface area contributed by atoms with Crippen LogP contribution >= 0.6 is 11.6 Å². The predicted molar refractivity (Wildman–Crippen MR) is 137 cm³/mol. The lowest BCUT2D eigenvalue weighted by Gasteiger charge is -2.10. The van der Waals surface area contributed by atoms with E-state index in [9.17, 15) is 9.59 Å². The molecule has 0 N–H and O–H groups in total. The molecule has 0 fully saturated rings. The highest BCUT2D eigenvalue weighted by Gasteiger charge is 2.17. The fourth-order valence-corrected chi connectivity index (χ4v) is 4.06. The summed E-state index contributed by atoms with van der Waals surface area (Å²) < 4.78 is 10.7. The van der Waals surface area contributed by atoms with E-state index in [0.717, 1.165) is 22.1 Å². The highest BCUT2D eigenvalue weighted by molar-refractivity contribution is 6.30. The molecule has 0 spiro atoms. The van der Waals surface area contributed by atoms with Gasteiger partial charge in [0, 0.05) is 21.5 Å². The molecule has 0 amide bonds. The number of carbonyl (C=O) groups excluding carboxylic acids is 2. The van der Waals surface area contributed by atoms with Gasteiger partial charge in [-0.15, -0.1) is 0 Å². The maximum absolute atomic E-state index is 13.1. The zero-order valence-corrected chi connectivity index (χ0v) is 19.6. The van der Waals surface area contributed by atoms with Crippen LogP contribution in [0.3, 0.4) is 0 Å². The summed E-state index contributed by atoms with van der Waals surface area (Å²) in [5.41, 5.74) is 2.90. The Morgan fingerprint density at radius 3 is 2.40 bits per heavy atom. The number of ketones is 1. The van der Waals surface area contributed by atoms with Crippen molar-refractivity contribution in [3.8, 4) is 17.0 Å². The Balaban J connectivity index is 1.40. The van der Waals surface area contributed by atoms with E-state index < -0.39 is 5.97 Å². The molecule has 0 aliphatic heterocycles. The molecule has 6 heteroatoms. The van der Waals surface area contributed by atoms with Gasteiger partial charge < -0.3 is 9.47 Å². The minimum atomic E-state index is -0.585. The quantitative estimate of drug-likeness (QED) is 0.198. The lowest BCUT2D eigenvalue weighted by molar-refractivity contribution is 0.0476. The zero-order chi connectivity index (χ0) is 24.4. The van der Waals surface area contributed by atoms with Crippen molar-refractivity contribution in [1.82, 2.24) is 4.98 Å². The third-order valence-electron chi connectivity index (χ3n) is 5.78. The van der Waals surface area contributed by atoms with Gasteiger partial charge in [0.25, 0.3) is 0 Å². The number of ether oxygens (including phenoxy) is 2. The Hall–Kier alpha value is -4.22. The molecule has 5 rings (SSSR count). The van der Waals surface area contributed by atoms with Crippen molar-refractivity contribution < 1.29 is 19.1 Å². The van der Waals surface area contributed by atoms with Gasteiger partial charge in [-0.25, -0.2) is 9.78 Å². The molecule has 35 heavy (non-hydrogen) atoms. The average Bonchev–Trinajstić information content (AvgIpc) is 2.90. The van der Waals surface area contributed by atoms with Gasteiger partial charge in [0.2, 0.25) is 0 Å². The fourth-order valence-electron chi connectivity index (χ4n) is 3.93. The van der Waals surface area contributed by atoms with Crippen molar-refractivity contribution in [3.05, 3.63) is 107 Å². The van der Waals surface area contributed by atoms with E-state index in [1.807, 2.05) is 60.7 Å². The van der Waals surface area contributed by atoms with Gasteiger partial charge in [0.05, 0.1) is 23.9 Å². The number of nitrogens with zero attached hydrogens (tertiary/aromatic N) is 1. The number of halogens is 1. The van der Waals surface area contributed by atoms with Crippen molar-refractivity contribution in [3.63, 3.8) is 0 Å². The number of Topliss-reactive ketones (excluding diaryl/α,β-unsaturated/α-hetero) is 1. The smallest absolute Gasteiger partial charge is 0.339 e. The van der Waals surface area contributed by atoms with Crippen LogP contribution in [0.4, 0.5) is 0 Å². The van der Waals surface area contributed by atoms with E-state index in [1.165, 1.54) is 0 Å². The second kappa shape index (κ2) is 9.57. The zero-order valence-electron chi connectivity index (χ0n) is 18.8. The van der Waals surface area contributed by atoms with Crippen LogP contribution in [0.2, 0.25) is 5.02 Å². The van der Waals surface area contributed by atoms with Crippen LogP contribution in [0.25, 0.3) is 32.9 Å². The number of hydrogen-bond donors (Lipinski definition) is 0. The second-order valence-corrected chi connectivity index (χ2v) is 8.44. The summed E-state index contributed by atoms with van der Waals surface area (Å²) in [6.45, 7) is -0.368. The molecule has 172 valence electrons. The van der Waals surface area contributed by atoms with E-state index in [0.29, 0.717) is 32.7 Å². The second-order valence-electron chi connectivity index (χ2n) is 8.01. The van der Waals surface area contributed by atoms with Crippen LogP contribution in [0, 0.1) is 0 Å². The van der Waals surface area contributed by atoms with Gasteiger partial charge in [-0.1, -0.05) is 60.1 Å². The van der Waals surface area contributed by atoms with Crippen LogP contribution in [-0.4, -0.2) is 30.5 Å². The molecule has 1 aromatic heterocycles. The SMILES string of the molecule is COc1ccc2cc(C(=O)COC(=O)c3cc(-c4ccc(Cl)cc4)nc4ccccc34)ccc2c1. The Kier molecular flexibility index (Phi) is 6.17. The van der Waals surface area contributed by atoms with E-state index in [2.05, 4.69) is 4.98 Å².